The van der Waals surface area contributed by atoms with Crippen LogP contribution >= 0.6 is 0 Å². The van der Waals surface area contributed by atoms with E-state index in [0.717, 1.165) is 17.9 Å². The number of rotatable bonds is 1. The third-order valence-electron chi connectivity index (χ3n) is 3.01. The molecule has 60 valence electrons. The molecule has 0 saturated heterocycles. The lowest BCUT2D eigenvalue weighted by Gasteiger charge is -2.31. The molecule has 0 radical (unpaired) electrons. The van der Waals surface area contributed by atoms with Gasteiger partial charge in [0.2, 0.25) is 0 Å². The average Bonchev–Trinajstić information content (AvgIpc) is 1.95. The topological polar surface area (TPSA) is 12.0 Å². The summed E-state index contributed by atoms with van der Waals surface area (Å²) in [5.74, 6) is 1.87. The molecule has 0 aromatic heterocycles. The van der Waals surface area contributed by atoms with E-state index in [2.05, 4.69) is 26.2 Å². The zero-order valence-corrected chi connectivity index (χ0v) is 7.35. The molecule has 10 heavy (non-hydrogen) atoms. The Labute approximate surface area is 64.2 Å². The highest BCUT2D eigenvalue weighted by Gasteiger charge is 2.22. The van der Waals surface area contributed by atoms with Crippen LogP contribution in [-0.2, 0) is 0 Å². The summed E-state index contributed by atoms with van der Waals surface area (Å²) in [7, 11) is 2.08. The van der Waals surface area contributed by atoms with Crippen LogP contribution < -0.4 is 5.32 Å². The van der Waals surface area contributed by atoms with Gasteiger partial charge in [-0.2, -0.15) is 0 Å². The van der Waals surface area contributed by atoms with Gasteiger partial charge in [0, 0.05) is 6.04 Å². The predicted molar refractivity (Wildman–Crippen MR) is 45.0 cm³/mol. The highest BCUT2D eigenvalue weighted by atomic mass is 14.9. The Morgan fingerprint density at radius 3 is 2.30 bits per heavy atom. The zero-order chi connectivity index (χ0) is 7.56. The van der Waals surface area contributed by atoms with E-state index >= 15 is 0 Å². The fourth-order valence-electron chi connectivity index (χ4n) is 1.81. The van der Waals surface area contributed by atoms with E-state index in [0.29, 0.717) is 0 Å². The third-order valence-corrected chi connectivity index (χ3v) is 3.01. The van der Waals surface area contributed by atoms with E-state index in [1.807, 2.05) is 0 Å². The van der Waals surface area contributed by atoms with Crippen molar-refractivity contribution in [1.29, 1.82) is 0 Å². The fraction of sp³-hybridized carbons (Fsp3) is 1.00. The van der Waals surface area contributed by atoms with Crippen molar-refractivity contribution < 1.29 is 0 Å². The van der Waals surface area contributed by atoms with E-state index < -0.39 is 0 Å². The van der Waals surface area contributed by atoms with Crippen LogP contribution in [0.1, 0.15) is 33.1 Å². The fourth-order valence-corrected chi connectivity index (χ4v) is 1.81. The molecule has 1 rings (SSSR count). The van der Waals surface area contributed by atoms with Crippen LogP contribution in [0.25, 0.3) is 0 Å². The standard InChI is InChI=1S/C9H19N/c1-7-4-5-9(10-3)6-8(7)2/h7-10H,4-6H2,1-3H3/t7-,8-,9-/m0/s1. The van der Waals surface area contributed by atoms with Crippen molar-refractivity contribution in [2.24, 2.45) is 11.8 Å². The van der Waals surface area contributed by atoms with Gasteiger partial charge in [0.1, 0.15) is 0 Å². The Bertz CT molecular complexity index is 101. The smallest absolute Gasteiger partial charge is 0.00668 e. The van der Waals surface area contributed by atoms with Crippen LogP contribution in [0.4, 0.5) is 0 Å². The van der Waals surface area contributed by atoms with Crippen molar-refractivity contribution in [3.05, 3.63) is 0 Å². The molecule has 0 unspecified atom stereocenters. The predicted octanol–water partition coefficient (Wildman–Crippen LogP) is 2.03. The Balaban J connectivity index is 2.33. The Morgan fingerprint density at radius 1 is 1.10 bits per heavy atom. The minimum atomic E-state index is 0.797. The van der Waals surface area contributed by atoms with E-state index in [9.17, 15) is 0 Å². The van der Waals surface area contributed by atoms with Crippen molar-refractivity contribution in [2.45, 2.75) is 39.2 Å². The quantitative estimate of drug-likeness (QED) is 0.589. The minimum Gasteiger partial charge on any atom is -0.317 e. The molecule has 0 aromatic carbocycles. The number of hydrogen-bond acceptors (Lipinski definition) is 1. The van der Waals surface area contributed by atoms with Crippen LogP contribution in [-0.4, -0.2) is 13.1 Å². The summed E-state index contributed by atoms with van der Waals surface area (Å²) in [5, 5.41) is 3.35. The average molecular weight is 141 g/mol. The highest BCUT2D eigenvalue weighted by molar-refractivity contribution is 4.78. The summed E-state index contributed by atoms with van der Waals surface area (Å²) in [5.41, 5.74) is 0. The van der Waals surface area contributed by atoms with Crippen molar-refractivity contribution in [3.8, 4) is 0 Å². The van der Waals surface area contributed by atoms with Gasteiger partial charge in [-0.05, 0) is 38.1 Å². The molecule has 1 nitrogen and oxygen atoms in total. The Hall–Kier alpha value is -0.0400. The van der Waals surface area contributed by atoms with Gasteiger partial charge >= 0.3 is 0 Å². The van der Waals surface area contributed by atoms with Crippen LogP contribution in [0.3, 0.4) is 0 Å². The molecule has 0 bridgehead atoms. The van der Waals surface area contributed by atoms with Gasteiger partial charge in [-0.1, -0.05) is 13.8 Å². The first-order chi connectivity index (χ1) is 4.74. The van der Waals surface area contributed by atoms with E-state index in [-0.39, 0.29) is 0 Å². The summed E-state index contributed by atoms with van der Waals surface area (Å²) in [6, 6.07) is 0.797. The molecule has 1 aliphatic carbocycles. The third kappa shape index (κ3) is 1.72. The van der Waals surface area contributed by atoms with Gasteiger partial charge in [0.25, 0.3) is 0 Å². The van der Waals surface area contributed by atoms with Crippen LogP contribution in [0.2, 0.25) is 0 Å². The highest BCUT2D eigenvalue weighted by Crippen LogP contribution is 2.28. The molecule has 0 heterocycles. The normalized spacial score (nSPS) is 41.7. The van der Waals surface area contributed by atoms with Crippen LogP contribution in [0.15, 0.2) is 0 Å². The maximum Gasteiger partial charge on any atom is 0.00668 e. The van der Waals surface area contributed by atoms with Gasteiger partial charge in [-0.15, -0.1) is 0 Å². The second kappa shape index (κ2) is 3.38. The van der Waals surface area contributed by atoms with Gasteiger partial charge in [0.15, 0.2) is 0 Å². The summed E-state index contributed by atoms with van der Waals surface area (Å²) in [6.45, 7) is 4.74. The lowest BCUT2D eigenvalue weighted by Crippen LogP contribution is -2.33. The lowest BCUT2D eigenvalue weighted by atomic mass is 9.79. The van der Waals surface area contributed by atoms with Crippen molar-refractivity contribution >= 4 is 0 Å². The van der Waals surface area contributed by atoms with E-state index in [1.54, 1.807) is 0 Å². The molecule has 1 aliphatic rings. The van der Waals surface area contributed by atoms with Crippen molar-refractivity contribution in [3.63, 3.8) is 0 Å². The van der Waals surface area contributed by atoms with Crippen molar-refractivity contribution in [1.82, 2.24) is 5.32 Å². The maximum absolute atomic E-state index is 3.35. The SMILES string of the molecule is CN[C@H]1CC[C@H](C)[C@@H](C)C1. The van der Waals surface area contributed by atoms with Crippen LogP contribution in [0.5, 0.6) is 0 Å². The second-order valence-electron chi connectivity index (χ2n) is 3.75. The molecular formula is C9H19N. The zero-order valence-electron chi connectivity index (χ0n) is 7.35. The molecular weight excluding hydrogens is 122 g/mol. The Morgan fingerprint density at radius 2 is 1.80 bits per heavy atom. The van der Waals surface area contributed by atoms with Gasteiger partial charge in [-0.25, -0.2) is 0 Å². The molecule has 0 spiro atoms. The first-order valence-corrected chi connectivity index (χ1v) is 4.41. The van der Waals surface area contributed by atoms with Gasteiger partial charge in [0.05, 0.1) is 0 Å². The van der Waals surface area contributed by atoms with Gasteiger partial charge in [-0.3, -0.25) is 0 Å². The number of nitrogens with one attached hydrogen (secondary N) is 1. The molecule has 0 amide bonds. The minimum absolute atomic E-state index is 0.797. The summed E-state index contributed by atoms with van der Waals surface area (Å²) in [4.78, 5) is 0. The first-order valence-electron chi connectivity index (χ1n) is 4.41. The Kier molecular flexibility index (Phi) is 2.72. The largest absolute Gasteiger partial charge is 0.317 e. The molecule has 1 saturated carbocycles. The lowest BCUT2D eigenvalue weighted by molar-refractivity contribution is 0.233. The second-order valence-corrected chi connectivity index (χ2v) is 3.75. The molecule has 1 N–H and O–H groups in total. The summed E-state index contributed by atoms with van der Waals surface area (Å²) < 4.78 is 0. The molecule has 1 heteroatoms. The van der Waals surface area contributed by atoms with E-state index in [1.165, 1.54) is 19.3 Å². The van der Waals surface area contributed by atoms with Gasteiger partial charge < -0.3 is 5.32 Å². The maximum atomic E-state index is 3.35. The van der Waals surface area contributed by atoms with Crippen LogP contribution in [0, 0.1) is 11.8 Å². The molecule has 1 fully saturated rings. The number of hydrogen-bond donors (Lipinski definition) is 1. The molecule has 3 atom stereocenters. The van der Waals surface area contributed by atoms with Crippen molar-refractivity contribution in [2.75, 3.05) is 7.05 Å². The summed E-state index contributed by atoms with van der Waals surface area (Å²) >= 11 is 0. The first kappa shape index (κ1) is 8.06. The molecule has 0 aliphatic heterocycles. The summed E-state index contributed by atoms with van der Waals surface area (Å²) in [6.07, 6.45) is 4.16. The monoisotopic (exact) mass is 141 g/mol. The van der Waals surface area contributed by atoms with E-state index in [4.69, 9.17) is 0 Å². The molecule has 0 aromatic rings.